The van der Waals surface area contributed by atoms with Crippen LogP contribution in [0, 0.1) is 0 Å². The summed E-state index contributed by atoms with van der Waals surface area (Å²) in [6.07, 6.45) is 0.113. The highest BCUT2D eigenvalue weighted by molar-refractivity contribution is 6.30. The van der Waals surface area contributed by atoms with E-state index in [1.54, 1.807) is 6.07 Å². The summed E-state index contributed by atoms with van der Waals surface area (Å²) in [5.74, 6) is 0.395. The SMILES string of the molecule is COc1cc2c(c3oc(=O)c4c(c13)CCC4=O)C1C(O2)OC(Cl)C1Cl. The van der Waals surface area contributed by atoms with Gasteiger partial charge in [0, 0.05) is 18.1 Å². The minimum absolute atomic E-state index is 0.113. The van der Waals surface area contributed by atoms with Crippen molar-refractivity contribution in [1.82, 2.24) is 0 Å². The van der Waals surface area contributed by atoms with Crippen molar-refractivity contribution in [1.29, 1.82) is 0 Å². The first-order valence-electron chi connectivity index (χ1n) is 7.85. The number of fused-ring (bicyclic) bond motifs is 7. The highest BCUT2D eigenvalue weighted by Gasteiger charge is 2.52. The molecule has 0 spiro atoms. The van der Waals surface area contributed by atoms with Gasteiger partial charge in [0.2, 0.25) is 6.29 Å². The molecule has 6 nitrogen and oxygen atoms in total. The molecule has 130 valence electrons. The number of carbonyl (C=O) groups is 1. The first-order valence-corrected chi connectivity index (χ1v) is 8.72. The fourth-order valence-corrected chi connectivity index (χ4v) is 4.57. The number of ether oxygens (including phenoxy) is 3. The molecule has 1 aliphatic carbocycles. The van der Waals surface area contributed by atoms with Crippen molar-refractivity contribution >= 4 is 40.0 Å². The van der Waals surface area contributed by atoms with Gasteiger partial charge in [0.25, 0.3) is 0 Å². The molecule has 0 N–H and O–H groups in total. The standard InChI is InChI=1S/C17H12Cl2O6/c1-22-7-4-8-11(12-13(18)15(19)25-17(12)23-8)14-10(7)5-2-3-6(20)9(5)16(21)24-14/h4,12-13,15,17H,2-3H2,1H3. The predicted octanol–water partition coefficient (Wildman–Crippen LogP) is 2.94. The highest BCUT2D eigenvalue weighted by Crippen LogP contribution is 2.54. The molecule has 0 saturated carbocycles. The monoisotopic (exact) mass is 382 g/mol. The van der Waals surface area contributed by atoms with Crippen molar-refractivity contribution in [2.75, 3.05) is 7.11 Å². The lowest BCUT2D eigenvalue weighted by Crippen LogP contribution is -2.17. The van der Waals surface area contributed by atoms with E-state index < -0.39 is 22.9 Å². The number of Topliss-reactive ketones (excluding diaryl/α,β-unsaturated/α-hetero) is 1. The minimum atomic E-state index is -0.704. The first kappa shape index (κ1) is 15.5. The van der Waals surface area contributed by atoms with Crippen molar-refractivity contribution in [3.05, 3.63) is 33.2 Å². The second kappa shape index (κ2) is 5.13. The predicted molar refractivity (Wildman–Crippen MR) is 89.2 cm³/mol. The zero-order chi connectivity index (χ0) is 17.5. The molecule has 4 unspecified atom stereocenters. The van der Waals surface area contributed by atoms with Crippen LogP contribution in [0.1, 0.15) is 33.8 Å². The van der Waals surface area contributed by atoms with Gasteiger partial charge in [-0.15, -0.1) is 11.6 Å². The van der Waals surface area contributed by atoms with Crippen molar-refractivity contribution < 1.29 is 23.4 Å². The van der Waals surface area contributed by atoms with E-state index in [2.05, 4.69) is 0 Å². The average molecular weight is 383 g/mol. The molecule has 8 heteroatoms. The molecule has 0 bridgehead atoms. The Balaban J connectivity index is 1.88. The topological polar surface area (TPSA) is 75.0 Å². The van der Waals surface area contributed by atoms with Crippen LogP contribution in [0.25, 0.3) is 11.0 Å². The second-order valence-corrected chi connectivity index (χ2v) is 7.24. The quantitative estimate of drug-likeness (QED) is 0.557. The van der Waals surface area contributed by atoms with Gasteiger partial charge < -0.3 is 18.6 Å². The zero-order valence-electron chi connectivity index (χ0n) is 13.0. The Bertz CT molecular complexity index is 997. The number of hydrogen-bond donors (Lipinski definition) is 0. The molecule has 5 rings (SSSR count). The molecule has 3 heterocycles. The molecule has 2 aromatic rings. The molecule has 25 heavy (non-hydrogen) atoms. The van der Waals surface area contributed by atoms with Gasteiger partial charge in [-0.3, -0.25) is 4.79 Å². The van der Waals surface area contributed by atoms with E-state index in [0.29, 0.717) is 40.0 Å². The Hall–Kier alpha value is -1.76. The smallest absolute Gasteiger partial charge is 0.347 e. The fourth-order valence-electron chi connectivity index (χ4n) is 4.00. The molecule has 3 aliphatic rings. The Labute approximate surface area is 151 Å². The van der Waals surface area contributed by atoms with E-state index >= 15 is 0 Å². The van der Waals surface area contributed by atoms with Crippen molar-refractivity contribution in [3.63, 3.8) is 0 Å². The van der Waals surface area contributed by atoms with Gasteiger partial charge in [-0.2, -0.15) is 0 Å². The zero-order valence-corrected chi connectivity index (χ0v) is 14.5. The summed E-state index contributed by atoms with van der Waals surface area (Å²) in [6, 6.07) is 1.72. The van der Waals surface area contributed by atoms with Gasteiger partial charge in [-0.25, -0.2) is 4.79 Å². The molecule has 0 amide bonds. The molecule has 4 atom stereocenters. The van der Waals surface area contributed by atoms with Crippen LogP contribution in [-0.2, 0) is 11.2 Å². The Morgan fingerprint density at radius 3 is 2.80 bits per heavy atom. The lowest BCUT2D eigenvalue weighted by atomic mass is 9.93. The summed E-state index contributed by atoms with van der Waals surface area (Å²) in [4.78, 5) is 24.5. The Morgan fingerprint density at radius 2 is 2.04 bits per heavy atom. The maximum atomic E-state index is 12.4. The van der Waals surface area contributed by atoms with E-state index in [0.717, 1.165) is 0 Å². The molecule has 0 radical (unpaired) electrons. The summed E-state index contributed by atoms with van der Waals surface area (Å²) >= 11 is 12.5. The normalized spacial score (nSPS) is 29.5. The van der Waals surface area contributed by atoms with Crippen LogP contribution in [0.2, 0.25) is 0 Å². The number of ketones is 1. The number of rotatable bonds is 1. The van der Waals surface area contributed by atoms with Crippen LogP contribution in [0.15, 0.2) is 15.3 Å². The molecule has 1 saturated heterocycles. The summed E-state index contributed by atoms with van der Waals surface area (Å²) in [7, 11) is 1.51. The van der Waals surface area contributed by atoms with Gasteiger partial charge in [0.1, 0.15) is 22.6 Å². The number of halogens is 2. The first-order chi connectivity index (χ1) is 12.0. The number of methoxy groups -OCH3 is 1. The maximum absolute atomic E-state index is 12.4. The van der Waals surface area contributed by atoms with Gasteiger partial charge in [-0.05, 0) is 12.0 Å². The molecular weight excluding hydrogens is 371 g/mol. The van der Waals surface area contributed by atoms with E-state index in [1.807, 2.05) is 0 Å². The summed E-state index contributed by atoms with van der Waals surface area (Å²) < 4.78 is 22.4. The number of hydrogen-bond acceptors (Lipinski definition) is 6. The lowest BCUT2D eigenvalue weighted by Gasteiger charge is -2.15. The average Bonchev–Trinajstić information content (AvgIpc) is 3.21. The number of alkyl halides is 2. The third kappa shape index (κ3) is 1.90. The van der Waals surface area contributed by atoms with Crippen molar-refractivity contribution in [3.8, 4) is 11.5 Å². The molecule has 1 aromatic carbocycles. The third-order valence-corrected chi connectivity index (χ3v) is 6.08. The highest BCUT2D eigenvalue weighted by atomic mass is 35.5. The summed E-state index contributed by atoms with van der Waals surface area (Å²) in [5.41, 5.74) is 0.401. The van der Waals surface area contributed by atoms with Gasteiger partial charge in [0.15, 0.2) is 11.3 Å². The molecule has 2 aliphatic heterocycles. The summed E-state index contributed by atoms with van der Waals surface area (Å²) in [6.45, 7) is 0. The van der Waals surface area contributed by atoms with Crippen molar-refractivity contribution in [2.24, 2.45) is 0 Å². The lowest BCUT2D eigenvalue weighted by molar-refractivity contribution is -0.0455. The van der Waals surface area contributed by atoms with E-state index in [4.69, 9.17) is 41.8 Å². The maximum Gasteiger partial charge on any atom is 0.347 e. The van der Waals surface area contributed by atoms with Gasteiger partial charge >= 0.3 is 5.63 Å². The number of benzene rings is 1. The number of carbonyl (C=O) groups excluding carboxylic acids is 1. The number of aryl methyl sites for hydroxylation is 1. The van der Waals surface area contributed by atoms with Crippen LogP contribution < -0.4 is 15.1 Å². The van der Waals surface area contributed by atoms with E-state index in [-0.39, 0.29) is 23.7 Å². The van der Waals surface area contributed by atoms with Gasteiger partial charge in [0.05, 0.1) is 23.8 Å². The van der Waals surface area contributed by atoms with Gasteiger partial charge in [-0.1, -0.05) is 11.6 Å². The third-order valence-electron chi connectivity index (χ3n) is 5.08. The van der Waals surface area contributed by atoms with Crippen LogP contribution >= 0.6 is 23.2 Å². The molecular formula is C17H12Cl2O6. The van der Waals surface area contributed by atoms with Crippen LogP contribution in [0.5, 0.6) is 11.5 Å². The molecule has 1 fully saturated rings. The van der Waals surface area contributed by atoms with Crippen LogP contribution in [0.3, 0.4) is 0 Å². The Kier molecular flexibility index (Phi) is 3.18. The minimum Gasteiger partial charge on any atom is -0.496 e. The van der Waals surface area contributed by atoms with E-state index in [9.17, 15) is 9.59 Å². The van der Waals surface area contributed by atoms with E-state index in [1.165, 1.54) is 7.11 Å². The van der Waals surface area contributed by atoms with Crippen LogP contribution in [0.4, 0.5) is 0 Å². The fraction of sp³-hybridized carbons (Fsp3) is 0.412. The largest absolute Gasteiger partial charge is 0.496 e. The molecule has 1 aromatic heterocycles. The Morgan fingerprint density at radius 1 is 1.24 bits per heavy atom. The second-order valence-electron chi connectivity index (χ2n) is 6.30. The van der Waals surface area contributed by atoms with Crippen LogP contribution in [-0.4, -0.2) is 30.1 Å². The van der Waals surface area contributed by atoms with Crippen molar-refractivity contribution in [2.45, 2.75) is 36.0 Å². The summed E-state index contributed by atoms with van der Waals surface area (Å²) in [5, 5.41) is 0.0811.